The highest BCUT2D eigenvalue weighted by atomic mass is 32.1. The minimum atomic E-state index is 0.440. The number of nitrogens with zero attached hydrogens (tertiary/aromatic N) is 1. The maximum Gasteiger partial charge on any atom is 0.279 e. The number of hydrogen-bond donors (Lipinski definition) is 0. The van der Waals surface area contributed by atoms with Crippen molar-refractivity contribution in [1.29, 1.82) is 0 Å². The van der Waals surface area contributed by atoms with Crippen molar-refractivity contribution in [2.24, 2.45) is 0 Å². The van der Waals surface area contributed by atoms with Gasteiger partial charge in [0.2, 0.25) is 0 Å². The number of rotatable bonds is 4. The maximum absolute atomic E-state index is 10.5. The van der Waals surface area contributed by atoms with Crippen molar-refractivity contribution in [3.05, 3.63) is 35.3 Å². The third-order valence-corrected chi connectivity index (χ3v) is 2.67. The first-order chi connectivity index (χ1) is 7.81. The number of aromatic nitrogens is 1. The summed E-state index contributed by atoms with van der Waals surface area (Å²) in [6.07, 6.45) is 2.23. The van der Waals surface area contributed by atoms with Gasteiger partial charge in [0, 0.05) is 6.07 Å². The van der Waals surface area contributed by atoms with Gasteiger partial charge in [-0.1, -0.05) is 17.4 Å². The lowest BCUT2D eigenvalue weighted by Gasteiger charge is -2.03. The molecule has 0 aliphatic rings. The zero-order valence-electron chi connectivity index (χ0n) is 8.54. The van der Waals surface area contributed by atoms with Crippen LogP contribution in [-0.4, -0.2) is 18.4 Å². The molecule has 0 atom stereocenters. The summed E-state index contributed by atoms with van der Waals surface area (Å²) in [6.45, 7) is 0. The quantitative estimate of drug-likeness (QED) is 0.764. The average Bonchev–Trinajstić information content (AvgIpc) is 2.77. The SMILES string of the molecule is COc1cccc(Oc2ncc(C=O)s2)c1. The molecule has 0 aliphatic carbocycles. The number of ether oxygens (including phenoxy) is 2. The molecule has 16 heavy (non-hydrogen) atoms. The van der Waals surface area contributed by atoms with Gasteiger partial charge in [-0.15, -0.1) is 0 Å². The molecule has 0 bridgehead atoms. The Morgan fingerprint density at radius 2 is 2.19 bits per heavy atom. The van der Waals surface area contributed by atoms with E-state index in [9.17, 15) is 4.79 Å². The monoisotopic (exact) mass is 235 g/mol. The van der Waals surface area contributed by atoms with Crippen LogP contribution in [-0.2, 0) is 0 Å². The summed E-state index contributed by atoms with van der Waals surface area (Å²) < 4.78 is 10.5. The Labute approximate surface area is 96.5 Å². The molecule has 0 aliphatic heterocycles. The number of carbonyl (C=O) groups excluding carboxylic acids is 1. The number of thiazole rings is 1. The van der Waals surface area contributed by atoms with Crippen molar-refractivity contribution in [3.63, 3.8) is 0 Å². The lowest BCUT2D eigenvalue weighted by atomic mass is 10.3. The van der Waals surface area contributed by atoms with Crippen LogP contribution < -0.4 is 9.47 Å². The molecule has 5 heteroatoms. The molecule has 0 radical (unpaired) electrons. The van der Waals surface area contributed by atoms with Crippen molar-refractivity contribution in [1.82, 2.24) is 4.98 Å². The topological polar surface area (TPSA) is 48.4 Å². The van der Waals surface area contributed by atoms with Gasteiger partial charge in [0.15, 0.2) is 6.29 Å². The van der Waals surface area contributed by atoms with E-state index in [0.29, 0.717) is 21.6 Å². The zero-order chi connectivity index (χ0) is 11.4. The molecule has 2 aromatic rings. The van der Waals surface area contributed by atoms with E-state index in [-0.39, 0.29) is 0 Å². The third-order valence-electron chi connectivity index (χ3n) is 1.86. The first kappa shape index (κ1) is 10.6. The Morgan fingerprint density at radius 1 is 1.38 bits per heavy atom. The van der Waals surface area contributed by atoms with Gasteiger partial charge in [0.25, 0.3) is 5.19 Å². The number of benzene rings is 1. The van der Waals surface area contributed by atoms with Gasteiger partial charge in [-0.25, -0.2) is 4.98 Å². The van der Waals surface area contributed by atoms with Crippen LogP contribution in [0.1, 0.15) is 9.67 Å². The Balaban J connectivity index is 2.16. The van der Waals surface area contributed by atoms with Gasteiger partial charge in [-0.3, -0.25) is 4.79 Å². The van der Waals surface area contributed by atoms with E-state index >= 15 is 0 Å². The average molecular weight is 235 g/mol. The maximum atomic E-state index is 10.5. The van der Waals surface area contributed by atoms with Crippen molar-refractivity contribution in [2.75, 3.05) is 7.11 Å². The molecule has 1 aromatic carbocycles. The third kappa shape index (κ3) is 2.38. The molecule has 0 spiro atoms. The van der Waals surface area contributed by atoms with Crippen LogP contribution in [0, 0.1) is 0 Å². The second kappa shape index (κ2) is 4.76. The summed E-state index contributed by atoms with van der Waals surface area (Å²) in [5.41, 5.74) is 0. The fourth-order valence-corrected chi connectivity index (χ4v) is 1.74. The highest BCUT2D eigenvalue weighted by Crippen LogP contribution is 2.27. The predicted molar refractivity (Wildman–Crippen MR) is 60.6 cm³/mol. The molecule has 0 fully saturated rings. The summed E-state index contributed by atoms with van der Waals surface area (Å²) in [7, 11) is 1.59. The van der Waals surface area contributed by atoms with E-state index in [1.165, 1.54) is 17.5 Å². The van der Waals surface area contributed by atoms with Gasteiger partial charge in [0.1, 0.15) is 11.5 Å². The fraction of sp³-hybridized carbons (Fsp3) is 0.0909. The number of aldehydes is 1. The van der Waals surface area contributed by atoms with Gasteiger partial charge >= 0.3 is 0 Å². The highest BCUT2D eigenvalue weighted by molar-refractivity contribution is 7.15. The molecule has 0 saturated heterocycles. The highest BCUT2D eigenvalue weighted by Gasteiger charge is 2.04. The smallest absolute Gasteiger partial charge is 0.279 e. The van der Waals surface area contributed by atoms with E-state index in [4.69, 9.17) is 9.47 Å². The first-order valence-electron chi connectivity index (χ1n) is 4.55. The Kier molecular flexibility index (Phi) is 3.16. The van der Waals surface area contributed by atoms with E-state index in [1.807, 2.05) is 12.1 Å². The number of methoxy groups -OCH3 is 1. The second-order valence-corrected chi connectivity index (χ2v) is 3.95. The molecular formula is C11H9NO3S. The molecule has 1 aromatic heterocycles. The molecule has 0 saturated carbocycles. The van der Waals surface area contributed by atoms with E-state index < -0.39 is 0 Å². The minimum Gasteiger partial charge on any atom is -0.497 e. The van der Waals surface area contributed by atoms with Gasteiger partial charge in [0.05, 0.1) is 18.2 Å². The minimum absolute atomic E-state index is 0.440. The number of carbonyl (C=O) groups is 1. The summed E-state index contributed by atoms with van der Waals surface area (Å²) >= 11 is 1.20. The van der Waals surface area contributed by atoms with Crippen LogP contribution >= 0.6 is 11.3 Å². The van der Waals surface area contributed by atoms with Gasteiger partial charge in [-0.2, -0.15) is 0 Å². The lowest BCUT2D eigenvalue weighted by Crippen LogP contribution is -1.85. The van der Waals surface area contributed by atoms with Crippen molar-refractivity contribution < 1.29 is 14.3 Å². The molecule has 0 unspecified atom stereocenters. The van der Waals surface area contributed by atoms with Gasteiger partial charge in [-0.05, 0) is 12.1 Å². The van der Waals surface area contributed by atoms with Crippen LogP contribution in [0.3, 0.4) is 0 Å². The fourth-order valence-electron chi connectivity index (χ4n) is 1.14. The van der Waals surface area contributed by atoms with Crippen LogP contribution in [0.4, 0.5) is 0 Å². The van der Waals surface area contributed by atoms with Crippen LogP contribution in [0.5, 0.6) is 16.7 Å². The standard InChI is InChI=1S/C11H9NO3S/c1-14-8-3-2-4-9(5-8)15-11-12-6-10(7-13)16-11/h2-7H,1H3. The molecule has 82 valence electrons. The van der Waals surface area contributed by atoms with Crippen LogP contribution in [0.15, 0.2) is 30.5 Å². The summed E-state index contributed by atoms with van der Waals surface area (Å²) in [6, 6.07) is 7.19. The molecule has 2 rings (SSSR count). The number of hydrogen-bond acceptors (Lipinski definition) is 5. The lowest BCUT2D eigenvalue weighted by molar-refractivity contribution is 0.112. The van der Waals surface area contributed by atoms with Crippen molar-refractivity contribution in [2.45, 2.75) is 0 Å². The Hall–Kier alpha value is -1.88. The summed E-state index contributed by atoms with van der Waals surface area (Å²) in [5, 5.41) is 0.440. The van der Waals surface area contributed by atoms with E-state index in [0.717, 1.165) is 6.29 Å². The van der Waals surface area contributed by atoms with Gasteiger partial charge < -0.3 is 9.47 Å². The predicted octanol–water partition coefficient (Wildman–Crippen LogP) is 2.76. The molecular weight excluding hydrogens is 226 g/mol. The van der Waals surface area contributed by atoms with Crippen LogP contribution in [0.25, 0.3) is 0 Å². The largest absolute Gasteiger partial charge is 0.497 e. The van der Waals surface area contributed by atoms with Crippen LogP contribution in [0.2, 0.25) is 0 Å². The van der Waals surface area contributed by atoms with Crippen molar-refractivity contribution >= 4 is 17.6 Å². The molecule has 0 amide bonds. The van der Waals surface area contributed by atoms with E-state index in [2.05, 4.69) is 4.98 Å². The zero-order valence-corrected chi connectivity index (χ0v) is 9.36. The summed E-state index contributed by atoms with van der Waals surface area (Å²) in [5.74, 6) is 1.34. The Bertz CT molecular complexity index is 495. The normalized spacial score (nSPS) is 9.81. The van der Waals surface area contributed by atoms with Crippen molar-refractivity contribution in [3.8, 4) is 16.7 Å². The molecule has 1 heterocycles. The summed E-state index contributed by atoms with van der Waals surface area (Å²) in [4.78, 5) is 15.0. The Morgan fingerprint density at radius 3 is 2.88 bits per heavy atom. The first-order valence-corrected chi connectivity index (χ1v) is 5.36. The second-order valence-electron chi connectivity index (χ2n) is 2.93. The molecule has 0 N–H and O–H groups in total. The van der Waals surface area contributed by atoms with E-state index in [1.54, 1.807) is 19.2 Å². The molecule has 4 nitrogen and oxygen atoms in total.